The fraction of sp³-hybridized carbons (Fsp3) is 0.632. The lowest BCUT2D eigenvalue weighted by molar-refractivity contribution is 0.0693. The summed E-state index contributed by atoms with van der Waals surface area (Å²) in [6.45, 7) is 7.78. The van der Waals surface area contributed by atoms with Crippen LogP contribution in [0.5, 0.6) is 0 Å². The molecule has 2 saturated heterocycles. The number of hydrogen-bond acceptors (Lipinski definition) is 4. The van der Waals surface area contributed by atoms with Crippen molar-refractivity contribution in [2.75, 3.05) is 52.9 Å². The molecule has 2 aliphatic rings. The van der Waals surface area contributed by atoms with E-state index in [4.69, 9.17) is 5.73 Å². The van der Waals surface area contributed by atoms with Gasteiger partial charge >= 0.3 is 0 Å². The van der Waals surface area contributed by atoms with Crippen molar-refractivity contribution in [3.8, 4) is 0 Å². The zero-order valence-corrected chi connectivity index (χ0v) is 14.8. The first-order valence-corrected chi connectivity index (χ1v) is 9.15. The van der Waals surface area contributed by atoms with E-state index in [-0.39, 0.29) is 5.91 Å². The van der Waals surface area contributed by atoms with Gasteiger partial charge in [0.25, 0.3) is 5.91 Å². The molecule has 2 fully saturated rings. The minimum atomic E-state index is 0.172. The van der Waals surface area contributed by atoms with Crippen molar-refractivity contribution in [1.29, 1.82) is 0 Å². The van der Waals surface area contributed by atoms with Crippen molar-refractivity contribution >= 4 is 5.91 Å². The molecule has 2 aliphatic heterocycles. The van der Waals surface area contributed by atoms with Gasteiger partial charge in [0.05, 0.1) is 0 Å². The average molecular weight is 330 g/mol. The standard InChI is InChI=1S/C19H30N4O/c1-21-9-11-22(12-10-21)15-17-3-2-4-18(13-17)19(24)23-7-5-16(14-20)6-8-23/h2-4,13,16H,5-12,14-15,20H2,1H3. The third-order valence-electron chi connectivity index (χ3n) is 5.41. The second-order valence-corrected chi connectivity index (χ2v) is 7.25. The maximum Gasteiger partial charge on any atom is 0.253 e. The summed E-state index contributed by atoms with van der Waals surface area (Å²) in [7, 11) is 2.17. The molecule has 24 heavy (non-hydrogen) atoms. The SMILES string of the molecule is CN1CCN(Cc2cccc(C(=O)N3CCC(CN)CC3)c2)CC1. The van der Waals surface area contributed by atoms with E-state index in [1.165, 1.54) is 5.56 Å². The Bertz CT molecular complexity index is 546. The first-order valence-electron chi connectivity index (χ1n) is 9.15. The number of benzene rings is 1. The fourth-order valence-electron chi connectivity index (χ4n) is 3.62. The molecule has 5 heteroatoms. The lowest BCUT2D eigenvalue weighted by atomic mass is 9.96. The normalized spacial score (nSPS) is 21.2. The molecule has 3 rings (SSSR count). The van der Waals surface area contributed by atoms with Crippen LogP contribution in [0, 0.1) is 5.92 Å². The van der Waals surface area contributed by atoms with Crippen molar-refractivity contribution in [2.24, 2.45) is 11.7 Å². The van der Waals surface area contributed by atoms with Crippen molar-refractivity contribution < 1.29 is 4.79 Å². The summed E-state index contributed by atoms with van der Waals surface area (Å²) in [4.78, 5) is 19.6. The van der Waals surface area contributed by atoms with Crippen LogP contribution in [0.3, 0.4) is 0 Å². The predicted molar refractivity (Wildman–Crippen MR) is 96.9 cm³/mol. The smallest absolute Gasteiger partial charge is 0.253 e. The Hall–Kier alpha value is -1.43. The zero-order chi connectivity index (χ0) is 16.9. The molecule has 2 heterocycles. The van der Waals surface area contributed by atoms with Gasteiger partial charge in [0.15, 0.2) is 0 Å². The quantitative estimate of drug-likeness (QED) is 0.903. The van der Waals surface area contributed by atoms with E-state index in [1.54, 1.807) is 0 Å². The van der Waals surface area contributed by atoms with Gasteiger partial charge in [-0.3, -0.25) is 9.69 Å². The number of piperazine rings is 1. The molecule has 5 nitrogen and oxygen atoms in total. The van der Waals surface area contributed by atoms with Gasteiger partial charge in [0, 0.05) is 51.4 Å². The van der Waals surface area contributed by atoms with Crippen LogP contribution in [0.4, 0.5) is 0 Å². The number of carbonyl (C=O) groups is 1. The van der Waals surface area contributed by atoms with E-state index in [0.29, 0.717) is 5.92 Å². The molecule has 132 valence electrons. The van der Waals surface area contributed by atoms with Gasteiger partial charge in [0.2, 0.25) is 0 Å². The lowest BCUT2D eigenvalue weighted by Crippen LogP contribution is -2.43. The summed E-state index contributed by atoms with van der Waals surface area (Å²) in [6.07, 6.45) is 2.06. The van der Waals surface area contributed by atoms with Gasteiger partial charge in [-0.2, -0.15) is 0 Å². The van der Waals surface area contributed by atoms with Gasteiger partial charge in [-0.25, -0.2) is 0 Å². The fourth-order valence-corrected chi connectivity index (χ4v) is 3.62. The highest BCUT2D eigenvalue weighted by atomic mass is 16.2. The molecule has 0 spiro atoms. The van der Waals surface area contributed by atoms with Gasteiger partial charge in [-0.15, -0.1) is 0 Å². The van der Waals surface area contributed by atoms with Gasteiger partial charge in [-0.1, -0.05) is 12.1 Å². The minimum absolute atomic E-state index is 0.172. The molecule has 1 aromatic rings. The largest absolute Gasteiger partial charge is 0.339 e. The van der Waals surface area contributed by atoms with Crippen molar-refractivity contribution in [3.05, 3.63) is 35.4 Å². The number of nitrogens with two attached hydrogens (primary N) is 1. The molecule has 0 bridgehead atoms. The molecule has 1 aromatic carbocycles. The third-order valence-corrected chi connectivity index (χ3v) is 5.41. The summed E-state index contributed by atoms with van der Waals surface area (Å²) in [5, 5.41) is 0. The van der Waals surface area contributed by atoms with Crippen LogP contribution >= 0.6 is 0 Å². The predicted octanol–water partition coefficient (Wildman–Crippen LogP) is 1.24. The van der Waals surface area contributed by atoms with Crippen LogP contribution in [0.15, 0.2) is 24.3 Å². The van der Waals surface area contributed by atoms with E-state index in [1.807, 2.05) is 17.0 Å². The molecule has 0 atom stereocenters. The number of hydrogen-bond donors (Lipinski definition) is 1. The summed E-state index contributed by atoms with van der Waals surface area (Å²) < 4.78 is 0. The Kier molecular flexibility index (Phi) is 5.87. The Morgan fingerprint density at radius 3 is 2.50 bits per heavy atom. The van der Waals surface area contributed by atoms with E-state index >= 15 is 0 Å². The molecule has 0 aliphatic carbocycles. The first kappa shape index (κ1) is 17.4. The minimum Gasteiger partial charge on any atom is -0.339 e. The first-order chi connectivity index (χ1) is 11.7. The molecule has 0 saturated carbocycles. The molecular formula is C19H30N4O. The number of carbonyl (C=O) groups excluding carboxylic acids is 1. The van der Waals surface area contributed by atoms with Crippen LogP contribution in [0.1, 0.15) is 28.8 Å². The van der Waals surface area contributed by atoms with Gasteiger partial charge in [0.1, 0.15) is 0 Å². The van der Waals surface area contributed by atoms with E-state index in [2.05, 4.69) is 29.0 Å². The lowest BCUT2D eigenvalue weighted by Gasteiger charge is -2.33. The number of piperidine rings is 1. The highest BCUT2D eigenvalue weighted by Crippen LogP contribution is 2.19. The Morgan fingerprint density at radius 1 is 1.12 bits per heavy atom. The monoisotopic (exact) mass is 330 g/mol. The maximum atomic E-state index is 12.8. The van der Waals surface area contributed by atoms with Crippen molar-refractivity contribution in [3.63, 3.8) is 0 Å². The van der Waals surface area contributed by atoms with Crippen LogP contribution in [0.25, 0.3) is 0 Å². The molecule has 0 radical (unpaired) electrons. The number of likely N-dealkylation sites (N-methyl/N-ethyl adjacent to an activating group) is 1. The zero-order valence-electron chi connectivity index (χ0n) is 14.8. The third kappa shape index (κ3) is 4.35. The van der Waals surface area contributed by atoms with Crippen molar-refractivity contribution in [2.45, 2.75) is 19.4 Å². The number of nitrogens with zero attached hydrogens (tertiary/aromatic N) is 3. The topological polar surface area (TPSA) is 52.8 Å². The van der Waals surface area contributed by atoms with Crippen LogP contribution in [-0.4, -0.2) is 73.5 Å². The van der Waals surface area contributed by atoms with Crippen molar-refractivity contribution in [1.82, 2.24) is 14.7 Å². The molecular weight excluding hydrogens is 300 g/mol. The average Bonchev–Trinajstić information content (AvgIpc) is 2.63. The summed E-state index contributed by atoms with van der Waals surface area (Å²) in [5.74, 6) is 0.753. The van der Waals surface area contributed by atoms with Crippen LogP contribution in [0.2, 0.25) is 0 Å². The van der Waals surface area contributed by atoms with E-state index < -0.39 is 0 Å². The number of amides is 1. The van der Waals surface area contributed by atoms with E-state index in [9.17, 15) is 4.79 Å². The molecule has 0 unspecified atom stereocenters. The Morgan fingerprint density at radius 2 is 1.83 bits per heavy atom. The Labute approximate surface area is 145 Å². The number of likely N-dealkylation sites (tertiary alicyclic amines) is 1. The van der Waals surface area contributed by atoms with Crippen LogP contribution in [-0.2, 0) is 6.54 Å². The van der Waals surface area contributed by atoms with Gasteiger partial charge < -0.3 is 15.5 Å². The summed E-state index contributed by atoms with van der Waals surface area (Å²) in [6, 6.07) is 8.18. The number of rotatable bonds is 4. The molecule has 0 aromatic heterocycles. The summed E-state index contributed by atoms with van der Waals surface area (Å²) >= 11 is 0. The maximum absolute atomic E-state index is 12.8. The highest BCUT2D eigenvalue weighted by Gasteiger charge is 2.23. The van der Waals surface area contributed by atoms with Crippen LogP contribution < -0.4 is 5.73 Å². The van der Waals surface area contributed by atoms with E-state index in [0.717, 1.165) is 70.8 Å². The molecule has 1 amide bonds. The Balaban J connectivity index is 1.59. The second kappa shape index (κ2) is 8.10. The highest BCUT2D eigenvalue weighted by molar-refractivity contribution is 5.94. The van der Waals surface area contributed by atoms with Gasteiger partial charge in [-0.05, 0) is 50.0 Å². The second-order valence-electron chi connectivity index (χ2n) is 7.25. The molecule has 2 N–H and O–H groups in total. The summed E-state index contributed by atoms with van der Waals surface area (Å²) in [5.41, 5.74) is 7.81.